The van der Waals surface area contributed by atoms with Gasteiger partial charge in [0.05, 0.1) is 0 Å². The summed E-state index contributed by atoms with van der Waals surface area (Å²) in [6.07, 6.45) is 0. The fraction of sp³-hybridized carbons (Fsp3) is 0. The molecule has 0 unspecified atom stereocenters. The van der Waals surface area contributed by atoms with Crippen molar-refractivity contribution in [1.29, 1.82) is 0 Å². The van der Waals surface area contributed by atoms with Crippen LogP contribution in [0.4, 0.5) is 0 Å². The molecule has 0 spiro atoms. The fourth-order valence-electron chi connectivity index (χ4n) is 0. The Morgan fingerprint density at radius 2 is 0.263 bits per heavy atom. The maximum absolute atomic E-state index is 7.50. The maximum atomic E-state index is 7.50. The number of hydrogen-bond acceptors (Lipinski definition) is 0. The Hall–Kier alpha value is -0.132. The third-order valence-corrected chi connectivity index (χ3v) is 0. The van der Waals surface area contributed by atoms with Gasteiger partial charge < -0.3 is 0 Å². The van der Waals surface area contributed by atoms with E-state index in [1.165, 1.54) is 0 Å². The molecular formula is C8Co2HgO8. The van der Waals surface area contributed by atoms with Crippen LogP contribution in [-0.2, 0) is 98.4 Å². The second-order valence-electron chi connectivity index (χ2n) is 0. The molecule has 19 heavy (non-hydrogen) atoms. The minimum absolute atomic E-state index is 0. The van der Waals surface area contributed by atoms with Crippen molar-refractivity contribution in [2.24, 2.45) is 0 Å². The van der Waals surface area contributed by atoms with E-state index in [2.05, 4.69) is 53.2 Å². The van der Waals surface area contributed by atoms with Gasteiger partial charge in [-0.25, -0.2) is 0 Å². The summed E-state index contributed by atoms with van der Waals surface area (Å²) in [4.78, 5) is 0. The van der Waals surface area contributed by atoms with Crippen LogP contribution in [0.1, 0.15) is 0 Å². The van der Waals surface area contributed by atoms with Crippen molar-refractivity contribution < 1.29 is 98.4 Å². The van der Waals surface area contributed by atoms with Crippen molar-refractivity contribution in [1.82, 2.24) is 0 Å². The molecular weight excluding hydrogens is 543 g/mol. The van der Waals surface area contributed by atoms with Crippen molar-refractivity contribution in [3.8, 4) is 0 Å². The number of hydrogen-bond donors (Lipinski definition) is 0. The molecule has 0 aromatic rings. The fourth-order valence-corrected chi connectivity index (χ4v) is 0. The van der Waals surface area contributed by atoms with Gasteiger partial charge in [0.15, 0.2) is 0 Å². The zero-order valence-electron chi connectivity index (χ0n) is 8.64. The Morgan fingerprint density at radius 3 is 0.263 bits per heavy atom. The molecule has 0 aliphatic carbocycles. The molecule has 0 saturated heterocycles. The Balaban J connectivity index is -0.00000000418. The first-order chi connectivity index (χ1) is 8.00. The van der Waals surface area contributed by atoms with Crippen LogP contribution in [-0.4, -0.2) is 0 Å². The number of rotatable bonds is 0. The average molecular weight is 543 g/mol. The second-order valence-corrected chi connectivity index (χ2v) is 0. The SMILES string of the molecule is [C-]#[O+].[C-]#[O+].[C-]#[O+].[C-]#[O+].[C-]#[O+].[C-]#[O+].[C-]#[O+].[C-]#[O+].[Co].[Co].[Hg]. The van der Waals surface area contributed by atoms with Crippen LogP contribution in [0.2, 0.25) is 0 Å². The van der Waals surface area contributed by atoms with Crippen LogP contribution in [0.5, 0.6) is 0 Å². The molecule has 11 heteroatoms. The van der Waals surface area contributed by atoms with Gasteiger partial charge in [0, 0.05) is 61.2 Å². The normalized spacial score (nSPS) is 0.842. The summed E-state index contributed by atoms with van der Waals surface area (Å²) in [6, 6.07) is 0. The third kappa shape index (κ3) is 258000. The van der Waals surface area contributed by atoms with Crippen molar-refractivity contribution in [2.75, 3.05) is 0 Å². The maximum Gasteiger partial charge on any atom is 0 e. The molecule has 0 atom stereocenters. The molecule has 2 radical (unpaired) electrons. The van der Waals surface area contributed by atoms with E-state index < -0.39 is 0 Å². The van der Waals surface area contributed by atoms with E-state index in [9.17, 15) is 0 Å². The smallest absolute Gasteiger partial charge is 0 e. The van der Waals surface area contributed by atoms with Gasteiger partial charge in [0.1, 0.15) is 0 Å². The van der Waals surface area contributed by atoms with Gasteiger partial charge in [0.2, 0.25) is 0 Å². The van der Waals surface area contributed by atoms with E-state index in [1.54, 1.807) is 0 Å². The van der Waals surface area contributed by atoms with E-state index in [0.717, 1.165) is 0 Å². The van der Waals surface area contributed by atoms with Crippen LogP contribution >= 0.6 is 0 Å². The summed E-state index contributed by atoms with van der Waals surface area (Å²) >= 11 is 0. The van der Waals surface area contributed by atoms with Crippen molar-refractivity contribution >= 4 is 0 Å². The first-order valence-corrected chi connectivity index (χ1v) is 1.63. The monoisotopic (exact) mass is 544 g/mol. The molecule has 0 aliphatic rings. The topological polar surface area (TPSA) is 159 Å². The van der Waals surface area contributed by atoms with Crippen molar-refractivity contribution in [3.05, 3.63) is 53.2 Å². The molecule has 0 bridgehead atoms. The Morgan fingerprint density at radius 1 is 0.263 bits per heavy atom. The predicted octanol–water partition coefficient (Wildman–Crippen LogP) is -0.308. The molecule has 0 aliphatic heterocycles. The van der Waals surface area contributed by atoms with Crippen molar-refractivity contribution in [3.63, 3.8) is 0 Å². The van der Waals surface area contributed by atoms with Gasteiger partial charge >= 0.3 is 90.4 Å². The predicted molar refractivity (Wildman–Crippen MR) is 31.4 cm³/mol. The third-order valence-electron chi connectivity index (χ3n) is 0. The summed E-state index contributed by atoms with van der Waals surface area (Å²) in [5.74, 6) is 0. The molecule has 0 amide bonds. The van der Waals surface area contributed by atoms with E-state index in [-0.39, 0.29) is 61.2 Å². The molecule has 0 rings (SSSR count). The van der Waals surface area contributed by atoms with Crippen LogP contribution in [0.3, 0.4) is 0 Å². The van der Waals surface area contributed by atoms with E-state index in [1.807, 2.05) is 0 Å². The molecule has 0 saturated carbocycles. The van der Waals surface area contributed by atoms with Gasteiger partial charge in [-0.2, -0.15) is 0 Å². The van der Waals surface area contributed by atoms with Crippen molar-refractivity contribution in [2.45, 2.75) is 0 Å². The van der Waals surface area contributed by atoms with E-state index in [0.29, 0.717) is 0 Å². The van der Waals surface area contributed by atoms with Gasteiger partial charge in [0.25, 0.3) is 0 Å². The first kappa shape index (κ1) is 97.3. The largest absolute Gasteiger partial charge is 0 e. The average Bonchev–Trinajstić information content (AvgIpc) is 2.54. The summed E-state index contributed by atoms with van der Waals surface area (Å²) in [7, 11) is 0. The van der Waals surface area contributed by atoms with Crippen LogP contribution in [0.25, 0.3) is 0 Å². The minimum atomic E-state index is 0. The summed E-state index contributed by atoms with van der Waals surface area (Å²) in [5.41, 5.74) is 0. The van der Waals surface area contributed by atoms with E-state index in [4.69, 9.17) is 37.2 Å². The molecule has 0 fully saturated rings. The summed E-state index contributed by atoms with van der Waals surface area (Å²) < 4.78 is 60.0. The van der Waals surface area contributed by atoms with Gasteiger partial charge in [-0.15, -0.1) is 0 Å². The van der Waals surface area contributed by atoms with E-state index >= 15 is 0 Å². The van der Waals surface area contributed by atoms with Gasteiger partial charge in [-0.1, -0.05) is 0 Å². The minimum Gasteiger partial charge on any atom is 0 e. The first-order valence-electron chi connectivity index (χ1n) is 1.63. The van der Waals surface area contributed by atoms with Gasteiger partial charge in [-0.3, -0.25) is 0 Å². The molecule has 0 aromatic carbocycles. The van der Waals surface area contributed by atoms with Crippen LogP contribution < -0.4 is 0 Å². The Kier molecular flexibility index (Phi) is 1500000. The Labute approximate surface area is 151 Å². The molecule has 0 N–H and O–H groups in total. The van der Waals surface area contributed by atoms with Crippen LogP contribution in [0, 0.1) is 53.2 Å². The molecule has 8 nitrogen and oxygen atoms in total. The molecule has 100 valence electrons. The summed E-state index contributed by atoms with van der Waals surface area (Å²) in [5, 5.41) is 0. The standard InChI is InChI=1S/8CO.2Co.Hg/c8*1-2;;;. The second kappa shape index (κ2) is 292000. The van der Waals surface area contributed by atoms with Gasteiger partial charge in [-0.05, 0) is 0 Å². The quantitative estimate of drug-likeness (QED) is 0.224. The molecule has 0 aromatic heterocycles. The zero-order valence-corrected chi connectivity index (χ0v) is 16.2. The van der Waals surface area contributed by atoms with Crippen LogP contribution in [0.15, 0.2) is 0 Å². The molecule has 0 heterocycles. The zero-order chi connectivity index (χ0) is 16.0. The Bertz CT molecular complexity index is 141. The summed E-state index contributed by atoms with van der Waals surface area (Å²) in [6.45, 7) is 36.0.